The molecule has 12 heteroatoms. The van der Waals surface area contributed by atoms with Crippen molar-refractivity contribution in [3.8, 4) is 23.0 Å². The minimum Gasteiger partial charge on any atom is -0.507 e. The highest BCUT2D eigenvalue weighted by atomic mass is 32.1. The number of methoxy groups -OCH3 is 1. The van der Waals surface area contributed by atoms with E-state index in [4.69, 9.17) is 16.6 Å². The van der Waals surface area contributed by atoms with E-state index in [0.29, 0.717) is 11.1 Å². The summed E-state index contributed by atoms with van der Waals surface area (Å²) < 4.78 is 66.0. The van der Waals surface area contributed by atoms with Gasteiger partial charge in [-0.15, -0.1) is 0 Å². The molecule has 1 aromatic heterocycles. The maximum absolute atomic E-state index is 14.2. The number of thiocarbonyl (C=S) groups is 1. The highest BCUT2D eigenvalue weighted by Gasteiger charge is 2.30. The minimum absolute atomic E-state index is 0.102. The van der Waals surface area contributed by atoms with Crippen molar-refractivity contribution in [1.29, 1.82) is 0 Å². The molecule has 1 heterocycles. The maximum atomic E-state index is 14.2. The monoisotopic (exact) mass is 491 g/mol. The zero-order valence-corrected chi connectivity index (χ0v) is 17.9. The molecule has 0 atom stereocenters. The number of aromatic hydroxyl groups is 1. The SMILES string of the molecule is COc1c(F)c(F)c(C(=O)NC(=S)Nc2ccc(O)c(-c3nc4ccccc4o3)c2)c(F)c1F. The van der Waals surface area contributed by atoms with Gasteiger partial charge in [0.15, 0.2) is 28.1 Å². The fraction of sp³-hybridized carbons (Fsp3) is 0.0455. The predicted molar refractivity (Wildman–Crippen MR) is 118 cm³/mol. The fourth-order valence-electron chi connectivity index (χ4n) is 3.09. The summed E-state index contributed by atoms with van der Waals surface area (Å²) in [5, 5.41) is 14.3. The zero-order chi connectivity index (χ0) is 24.6. The highest BCUT2D eigenvalue weighted by Crippen LogP contribution is 2.33. The minimum atomic E-state index is -1.95. The number of carbonyl (C=O) groups excluding carboxylic acids is 1. The second-order valence-electron chi connectivity index (χ2n) is 6.79. The number of benzene rings is 3. The third-order valence-corrected chi connectivity index (χ3v) is 4.86. The molecule has 3 N–H and O–H groups in total. The van der Waals surface area contributed by atoms with E-state index >= 15 is 0 Å². The van der Waals surface area contributed by atoms with E-state index in [-0.39, 0.29) is 22.9 Å². The summed E-state index contributed by atoms with van der Waals surface area (Å²) in [5.41, 5.74) is -0.0555. The summed E-state index contributed by atoms with van der Waals surface area (Å²) >= 11 is 4.96. The number of aromatic nitrogens is 1. The van der Waals surface area contributed by atoms with Crippen LogP contribution in [0.1, 0.15) is 10.4 Å². The first kappa shape index (κ1) is 23.0. The van der Waals surface area contributed by atoms with Crippen LogP contribution in [-0.2, 0) is 0 Å². The third kappa shape index (κ3) is 4.10. The molecule has 0 saturated heterocycles. The van der Waals surface area contributed by atoms with Crippen molar-refractivity contribution < 1.29 is 36.6 Å². The quantitative estimate of drug-likeness (QED) is 0.162. The Morgan fingerprint density at radius 1 is 1.06 bits per heavy atom. The number of nitrogens with zero attached hydrogens (tertiary/aromatic N) is 1. The normalized spacial score (nSPS) is 10.9. The Kier molecular flexibility index (Phi) is 6.07. The van der Waals surface area contributed by atoms with Gasteiger partial charge >= 0.3 is 0 Å². The summed E-state index contributed by atoms with van der Waals surface area (Å²) in [6, 6.07) is 11.0. The predicted octanol–water partition coefficient (Wildman–Crippen LogP) is 4.89. The standard InChI is InChI=1S/C22H13F4N3O4S/c1-32-19-17(25)15(23)14(16(24)18(19)26)20(31)29-22(34)27-9-6-7-12(30)10(8-9)21-28-11-4-2-3-5-13(11)33-21/h2-8,30H,1H3,(H2,27,29,31,34). The largest absolute Gasteiger partial charge is 0.507 e. The van der Waals surface area contributed by atoms with Gasteiger partial charge in [-0.25, -0.2) is 13.8 Å². The van der Waals surface area contributed by atoms with Gasteiger partial charge in [-0.1, -0.05) is 12.1 Å². The Hall–Kier alpha value is -4.19. The average molecular weight is 491 g/mol. The number of phenols is 1. The zero-order valence-electron chi connectivity index (χ0n) is 17.1. The Morgan fingerprint density at radius 2 is 1.74 bits per heavy atom. The van der Waals surface area contributed by atoms with E-state index in [0.717, 1.165) is 7.11 Å². The van der Waals surface area contributed by atoms with Gasteiger partial charge in [-0.2, -0.15) is 8.78 Å². The van der Waals surface area contributed by atoms with Gasteiger partial charge in [0.1, 0.15) is 16.8 Å². The number of hydrogen-bond donors (Lipinski definition) is 3. The number of oxazole rings is 1. The number of para-hydroxylation sites is 2. The topological polar surface area (TPSA) is 96.6 Å². The lowest BCUT2D eigenvalue weighted by Gasteiger charge is -2.13. The molecule has 0 radical (unpaired) electrons. The van der Waals surface area contributed by atoms with Crippen LogP contribution in [0.15, 0.2) is 46.9 Å². The molecule has 0 spiro atoms. The Morgan fingerprint density at radius 3 is 2.38 bits per heavy atom. The Bertz CT molecular complexity index is 1400. The number of nitrogens with one attached hydrogen (secondary N) is 2. The number of amides is 1. The molecule has 0 aliphatic carbocycles. The van der Waals surface area contributed by atoms with Crippen LogP contribution < -0.4 is 15.4 Å². The van der Waals surface area contributed by atoms with Gasteiger partial charge < -0.3 is 19.6 Å². The van der Waals surface area contributed by atoms with Crippen molar-refractivity contribution in [2.24, 2.45) is 0 Å². The van der Waals surface area contributed by atoms with Gasteiger partial charge in [0.2, 0.25) is 17.5 Å². The van der Waals surface area contributed by atoms with Crippen molar-refractivity contribution in [1.82, 2.24) is 10.3 Å². The van der Waals surface area contributed by atoms with Crippen LogP contribution in [0.25, 0.3) is 22.6 Å². The van der Waals surface area contributed by atoms with Crippen molar-refractivity contribution in [3.05, 3.63) is 71.3 Å². The Labute approximate surface area is 194 Å². The smallest absolute Gasteiger partial charge is 0.263 e. The second kappa shape index (κ2) is 8.98. The Balaban J connectivity index is 1.56. The van der Waals surface area contributed by atoms with Crippen LogP contribution >= 0.6 is 12.2 Å². The number of hydrogen-bond acceptors (Lipinski definition) is 6. The van der Waals surface area contributed by atoms with E-state index in [2.05, 4.69) is 15.0 Å². The number of ether oxygens (including phenoxy) is 1. The molecule has 0 fully saturated rings. The second-order valence-corrected chi connectivity index (χ2v) is 7.20. The number of halogens is 4. The average Bonchev–Trinajstić information content (AvgIpc) is 3.23. The summed E-state index contributed by atoms with van der Waals surface area (Å²) in [6.45, 7) is 0. The van der Waals surface area contributed by atoms with Gasteiger partial charge in [-0.3, -0.25) is 10.1 Å². The van der Waals surface area contributed by atoms with E-state index in [9.17, 15) is 27.5 Å². The van der Waals surface area contributed by atoms with Crippen LogP contribution in [-0.4, -0.2) is 28.2 Å². The molecule has 0 bridgehead atoms. The van der Waals surface area contributed by atoms with Crippen LogP contribution in [0.5, 0.6) is 11.5 Å². The molecule has 0 aliphatic heterocycles. The number of anilines is 1. The van der Waals surface area contributed by atoms with Crippen molar-refractivity contribution in [2.45, 2.75) is 0 Å². The summed E-state index contributed by atoms with van der Waals surface area (Å²) in [5.74, 6) is -10.5. The van der Waals surface area contributed by atoms with Gasteiger partial charge in [0.25, 0.3) is 5.91 Å². The lowest BCUT2D eigenvalue weighted by Crippen LogP contribution is -2.35. The molecule has 1 amide bonds. The van der Waals surface area contributed by atoms with Crippen LogP contribution in [0.2, 0.25) is 0 Å². The molecule has 0 saturated carbocycles. The first-order chi connectivity index (χ1) is 16.2. The van der Waals surface area contributed by atoms with Crippen LogP contribution in [0, 0.1) is 23.3 Å². The van der Waals surface area contributed by atoms with Crippen molar-refractivity contribution in [3.63, 3.8) is 0 Å². The number of rotatable bonds is 4. The lowest BCUT2D eigenvalue weighted by molar-refractivity contribution is 0.0966. The van der Waals surface area contributed by atoms with E-state index in [1.54, 1.807) is 24.3 Å². The molecule has 0 unspecified atom stereocenters. The van der Waals surface area contributed by atoms with Crippen molar-refractivity contribution in [2.75, 3.05) is 12.4 Å². The molecule has 0 aliphatic rings. The van der Waals surface area contributed by atoms with Crippen molar-refractivity contribution >= 4 is 40.0 Å². The number of carbonyl (C=O) groups is 1. The van der Waals surface area contributed by atoms with Gasteiger partial charge in [0.05, 0.1) is 12.7 Å². The molecule has 3 aromatic carbocycles. The maximum Gasteiger partial charge on any atom is 0.263 e. The summed E-state index contributed by atoms with van der Waals surface area (Å²) in [7, 11) is 0.811. The van der Waals surface area contributed by atoms with Crippen LogP contribution in [0.4, 0.5) is 23.2 Å². The van der Waals surface area contributed by atoms with Crippen LogP contribution in [0.3, 0.4) is 0 Å². The molecular formula is C22H13F4N3O4S. The lowest BCUT2D eigenvalue weighted by atomic mass is 10.1. The summed E-state index contributed by atoms with van der Waals surface area (Å²) in [4.78, 5) is 16.6. The summed E-state index contributed by atoms with van der Waals surface area (Å²) in [6.07, 6.45) is 0. The fourth-order valence-corrected chi connectivity index (χ4v) is 3.30. The molecule has 174 valence electrons. The van der Waals surface area contributed by atoms with E-state index in [1.165, 1.54) is 18.2 Å². The van der Waals surface area contributed by atoms with Gasteiger partial charge in [-0.05, 0) is 42.5 Å². The third-order valence-electron chi connectivity index (χ3n) is 4.66. The van der Waals surface area contributed by atoms with Gasteiger partial charge in [0, 0.05) is 5.69 Å². The molecule has 34 heavy (non-hydrogen) atoms. The first-order valence-electron chi connectivity index (χ1n) is 9.42. The highest BCUT2D eigenvalue weighted by molar-refractivity contribution is 7.80. The molecule has 4 aromatic rings. The molecule has 4 rings (SSSR count). The number of phenolic OH excluding ortho intramolecular Hbond substituents is 1. The molecular weight excluding hydrogens is 478 g/mol. The molecule has 7 nitrogen and oxygen atoms in total. The first-order valence-corrected chi connectivity index (χ1v) is 9.83. The van der Waals surface area contributed by atoms with E-state index in [1.807, 2.05) is 5.32 Å². The number of fused-ring (bicyclic) bond motifs is 1. The van der Waals surface area contributed by atoms with E-state index < -0.39 is 45.6 Å².